The lowest BCUT2D eigenvalue weighted by molar-refractivity contribution is -0.149. The van der Waals surface area contributed by atoms with E-state index >= 15 is 0 Å². The number of halogens is 1. The van der Waals surface area contributed by atoms with E-state index in [2.05, 4.69) is 4.72 Å². The molecule has 0 saturated heterocycles. The predicted octanol–water partition coefficient (Wildman–Crippen LogP) is 2.36. The van der Waals surface area contributed by atoms with Crippen molar-refractivity contribution in [3.05, 3.63) is 59.9 Å². The van der Waals surface area contributed by atoms with Gasteiger partial charge in [-0.2, -0.15) is 16.5 Å². The zero-order valence-electron chi connectivity index (χ0n) is 16.9. The molecule has 1 N–H and O–H groups in total. The Bertz CT molecular complexity index is 1060. The maximum absolute atomic E-state index is 13.9. The molecule has 1 aliphatic rings. The fraction of sp³-hybridized carbons (Fsp3) is 0.333. The van der Waals surface area contributed by atoms with Crippen LogP contribution in [0.15, 0.2) is 53.4 Å². The molecule has 0 fully saturated rings. The number of esters is 1. The number of hydrogen-bond donors (Lipinski definition) is 1. The van der Waals surface area contributed by atoms with Gasteiger partial charge in [0, 0.05) is 12.2 Å². The first-order valence-electron chi connectivity index (χ1n) is 9.64. The quantitative estimate of drug-likeness (QED) is 0.571. The summed E-state index contributed by atoms with van der Waals surface area (Å²) in [6.07, 6.45) is 2.66. The first-order valence-corrected chi connectivity index (χ1v) is 12.5. The summed E-state index contributed by atoms with van der Waals surface area (Å²) in [5.74, 6) is -1.73. The Labute approximate surface area is 185 Å². The largest absolute Gasteiger partial charge is 0.454 e. The van der Waals surface area contributed by atoms with Crippen LogP contribution in [0.3, 0.4) is 0 Å². The molecule has 1 heterocycles. The van der Waals surface area contributed by atoms with Crippen LogP contribution in [0.25, 0.3) is 0 Å². The standard InChI is InChI=1S/C21H23FN2O5S2/c1-30-13-11-17(23-31(27,28)19-9-5-3-7-16(19)22)21(26)29-14-20(25)24-12-10-15-6-2-4-8-18(15)24/h2-9,17,23H,10-14H2,1H3/t17-/m1/s1. The van der Waals surface area contributed by atoms with E-state index in [-0.39, 0.29) is 12.3 Å². The Morgan fingerprint density at radius 3 is 2.65 bits per heavy atom. The van der Waals surface area contributed by atoms with E-state index in [4.69, 9.17) is 4.74 Å². The summed E-state index contributed by atoms with van der Waals surface area (Å²) in [5, 5.41) is 0. The molecule has 0 unspecified atom stereocenters. The van der Waals surface area contributed by atoms with E-state index in [9.17, 15) is 22.4 Å². The fourth-order valence-corrected chi connectivity index (χ4v) is 5.05. The lowest BCUT2D eigenvalue weighted by atomic mass is 10.2. The van der Waals surface area contributed by atoms with Gasteiger partial charge in [-0.25, -0.2) is 12.8 Å². The van der Waals surface area contributed by atoms with Crippen molar-refractivity contribution in [2.75, 3.05) is 30.1 Å². The van der Waals surface area contributed by atoms with E-state index in [1.807, 2.05) is 30.5 Å². The van der Waals surface area contributed by atoms with Gasteiger partial charge in [-0.05, 0) is 48.6 Å². The molecule has 0 bridgehead atoms. The summed E-state index contributed by atoms with van der Waals surface area (Å²) in [6.45, 7) is -0.0179. The van der Waals surface area contributed by atoms with Gasteiger partial charge in [-0.3, -0.25) is 9.59 Å². The van der Waals surface area contributed by atoms with Gasteiger partial charge in [0.25, 0.3) is 5.91 Å². The first-order chi connectivity index (χ1) is 14.8. The number of carbonyl (C=O) groups is 2. The van der Waals surface area contributed by atoms with Crippen LogP contribution < -0.4 is 9.62 Å². The van der Waals surface area contributed by atoms with Gasteiger partial charge < -0.3 is 9.64 Å². The zero-order chi connectivity index (χ0) is 22.4. The average Bonchev–Trinajstić information content (AvgIpc) is 3.19. The maximum atomic E-state index is 13.9. The summed E-state index contributed by atoms with van der Waals surface area (Å²) < 4.78 is 46.5. The van der Waals surface area contributed by atoms with Gasteiger partial charge in [-0.1, -0.05) is 30.3 Å². The normalized spacial score (nSPS) is 14.2. The number of nitrogens with one attached hydrogen (secondary N) is 1. The number of nitrogens with zero attached hydrogens (tertiary/aromatic N) is 1. The Balaban J connectivity index is 1.66. The van der Waals surface area contributed by atoms with Crippen molar-refractivity contribution in [1.82, 2.24) is 4.72 Å². The Morgan fingerprint density at radius 2 is 1.90 bits per heavy atom. The molecule has 0 saturated carbocycles. The van der Waals surface area contributed by atoms with Gasteiger partial charge in [0.15, 0.2) is 6.61 Å². The summed E-state index contributed by atoms with van der Waals surface area (Å²) in [5.41, 5.74) is 1.82. The van der Waals surface area contributed by atoms with Crippen LogP contribution >= 0.6 is 11.8 Å². The summed E-state index contributed by atoms with van der Waals surface area (Å²) in [7, 11) is -4.29. The van der Waals surface area contributed by atoms with Gasteiger partial charge in [-0.15, -0.1) is 0 Å². The molecular weight excluding hydrogens is 443 g/mol. The monoisotopic (exact) mass is 466 g/mol. The minimum atomic E-state index is -4.29. The van der Waals surface area contributed by atoms with Gasteiger partial charge >= 0.3 is 5.97 Å². The molecule has 2 aromatic rings. The SMILES string of the molecule is CSCC[C@@H](NS(=O)(=O)c1ccccc1F)C(=O)OCC(=O)N1CCc2ccccc21. The predicted molar refractivity (Wildman–Crippen MR) is 117 cm³/mol. The fourth-order valence-electron chi connectivity index (χ4n) is 3.28. The molecule has 0 aromatic heterocycles. The number of sulfonamides is 1. The third-order valence-electron chi connectivity index (χ3n) is 4.84. The second-order valence-corrected chi connectivity index (χ2v) is 9.59. The van der Waals surface area contributed by atoms with Crippen molar-refractivity contribution in [3.63, 3.8) is 0 Å². The minimum absolute atomic E-state index is 0.133. The Morgan fingerprint density at radius 1 is 1.19 bits per heavy atom. The van der Waals surface area contributed by atoms with Gasteiger partial charge in [0.05, 0.1) is 0 Å². The van der Waals surface area contributed by atoms with Crippen LogP contribution in [-0.2, 0) is 30.8 Å². The third kappa shape index (κ3) is 5.63. The minimum Gasteiger partial charge on any atom is -0.454 e. The highest BCUT2D eigenvalue weighted by molar-refractivity contribution is 7.98. The molecule has 3 rings (SSSR count). The second kappa shape index (κ2) is 10.3. The van der Waals surface area contributed by atoms with Gasteiger partial charge in [0.1, 0.15) is 16.8 Å². The Kier molecular flexibility index (Phi) is 7.69. The van der Waals surface area contributed by atoms with E-state index in [1.165, 1.54) is 23.9 Å². The van der Waals surface area contributed by atoms with Crippen LogP contribution in [-0.4, -0.2) is 51.5 Å². The van der Waals surface area contributed by atoms with Crippen LogP contribution in [0, 0.1) is 5.82 Å². The highest BCUT2D eigenvalue weighted by Gasteiger charge is 2.30. The van der Waals surface area contributed by atoms with Crippen LogP contribution in [0.2, 0.25) is 0 Å². The van der Waals surface area contributed by atoms with Crippen LogP contribution in [0.5, 0.6) is 0 Å². The molecule has 0 aliphatic carbocycles. The van der Waals surface area contributed by atoms with E-state index in [0.29, 0.717) is 18.7 Å². The molecule has 7 nitrogen and oxygen atoms in total. The second-order valence-electron chi connectivity index (χ2n) is 6.92. The zero-order valence-corrected chi connectivity index (χ0v) is 18.5. The Hall–Kier alpha value is -2.43. The molecule has 1 aliphatic heterocycles. The topological polar surface area (TPSA) is 92.8 Å². The number of amides is 1. The van der Waals surface area contributed by atoms with Crippen LogP contribution in [0.1, 0.15) is 12.0 Å². The maximum Gasteiger partial charge on any atom is 0.324 e. The number of carbonyl (C=O) groups excluding carboxylic acids is 2. The van der Waals surface area contributed by atoms with Crippen molar-refractivity contribution in [2.45, 2.75) is 23.8 Å². The molecule has 1 atom stereocenters. The van der Waals surface area contributed by atoms with Crippen LogP contribution in [0.4, 0.5) is 10.1 Å². The van der Waals surface area contributed by atoms with Crippen molar-refractivity contribution in [1.29, 1.82) is 0 Å². The number of rotatable bonds is 9. The number of hydrogen-bond acceptors (Lipinski definition) is 6. The molecule has 0 spiro atoms. The molecule has 166 valence electrons. The average molecular weight is 467 g/mol. The lowest BCUT2D eigenvalue weighted by Gasteiger charge is -2.20. The summed E-state index contributed by atoms with van der Waals surface area (Å²) >= 11 is 1.42. The van der Waals surface area contributed by atoms with Crippen molar-refractivity contribution in [3.8, 4) is 0 Å². The van der Waals surface area contributed by atoms with E-state index in [1.54, 1.807) is 4.90 Å². The summed E-state index contributed by atoms with van der Waals surface area (Å²) in [4.78, 5) is 26.1. The number of thioether (sulfide) groups is 1. The van der Waals surface area contributed by atoms with Gasteiger partial charge in [0.2, 0.25) is 10.0 Å². The highest BCUT2D eigenvalue weighted by Crippen LogP contribution is 2.27. The number of anilines is 1. The summed E-state index contributed by atoms with van der Waals surface area (Å²) in [6, 6.07) is 11.1. The van der Waals surface area contributed by atoms with Crippen molar-refractivity contribution >= 4 is 39.3 Å². The molecule has 1 amide bonds. The molecule has 10 heteroatoms. The first kappa shape index (κ1) is 23.2. The van der Waals surface area contributed by atoms with Crippen molar-refractivity contribution < 1.29 is 27.1 Å². The van der Waals surface area contributed by atoms with E-state index < -0.39 is 39.4 Å². The number of ether oxygens (including phenoxy) is 1. The molecule has 31 heavy (non-hydrogen) atoms. The van der Waals surface area contributed by atoms with E-state index in [0.717, 1.165) is 23.4 Å². The number of benzene rings is 2. The molecule has 2 aromatic carbocycles. The smallest absolute Gasteiger partial charge is 0.324 e. The highest BCUT2D eigenvalue weighted by atomic mass is 32.2. The third-order valence-corrected chi connectivity index (χ3v) is 6.99. The lowest BCUT2D eigenvalue weighted by Crippen LogP contribution is -2.43. The molecular formula is C21H23FN2O5S2. The molecule has 0 radical (unpaired) electrons. The van der Waals surface area contributed by atoms with Crippen molar-refractivity contribution in [2.24, 2.45) is 0 Å². The number of fused-ring (bicyclic) bond motifs is 1. The number of para-hydroxylation sites is 1.